The summed E-state index contributed by atoms with van der Waals surface area (Å²) in [6.07, 6.45) is 4.36. The smallest absolute Gasteiger partial charge is 0.172 e. The van der Waals surface area contributed by atoms with Crippen LogP contribution in [0.1, 0.15) is 10.4 Å². The van der Waals surface area contributed by atoms with E-state index in [1.165, 1.54) is 11.8 Å². The highest BCUT2D eigenvalue weighted by atomic mass is 35.5. The number of aldehydes is 1. The first-order valence-corrected chi connectivity index (χ1v) is 5.80. The lowest BCUT2D eigenvalue weighted by Crippen LogP contribution is -1.91. The van der Waals surface area contributed by atoms with Crippen LogP contribution < -0.4 is 0 Å². The Balaban J connectivity index is 2.41. The third kappa shape index (κ3) is 2.13. The van der Waals surface area contributed by atoms with Crippen molar-refractivity contribution >= 4 is 29.6 Å². The highest BCUT2D eigenvalue weighted by molar-refractivity contribution is 7.99. The molecule has 0 fully saturated rings. The molecule has 0 aliphatic heterocycles. The monoisotopic (exact) mass is 252 g/mol. The van der Waals surface area contributed by atoms with Crippen LogP contribution in [0.5, 0.6) is 0 Å². The fourth-order valence-corrected chi connectivity index (χ4v) is 2.47. The zero-order chi connectivity index (χ0) is 11.5. The van der Waals surface area contributed by atoms with Gasteiger partial charge < -0.3 is 4.57 Å². The molecule has 3 nitrogen and oxygen atoms in total. The molecule has 0 unspecified atom stereocenters. The number of rotatable bonds is 3. The first kappa shape index (κ1) is 11.2. The maximum atomic E-state index is 10.9. The van der Waals surface area contributed by atoms with Crippen molar-refractivity contribution in [1.29, 1.82) is 0 Å². The largest absolute Gasteiger partial charge is 0.329 e. The Morgan fingerprint density at radius 2 is 2.31 bits per heavy atom. The van der Waals surface area contributed by atoms with Crippen LogP contribution in [0.25, 0.3) is 0 Å². The third-order valence-corrected chi connectivity index (χ3v) is 3.76. The Kier molecular flexibility index (Phi) is 3.31. The minimum Gasteiger partial charge on any atom is -0.329 e. The summed E-state index contributed by atoms with van der Waals surface area (Å²) in [5.74, 6) is 0. The number of imidazole rings is 1. The van der Waals surface area contributed by atoms with Crippen molar-refractivity contribution in [2.45, 2.75) is 10.1 Å². The quantitative estimate of drug-likeness (QED) is 0.788. The summed E-state index contributed by atoms with van der Waals surface area (Å²) < 4.78 is 1.88. The van der Waals surface area contributed by atoms with Gasteiger partial charge in [-0.2, -0.15) is 0 Å². The van der Waals surface area contributed by atoms with E-state index in [0.29, 0.717) is 10.6 Å². The number of aryl methyl sites for hydroxylation is 1. The number of hydrogen-bond acceptors (Lipinski definition) is 3. The molecule has 0 saturated heterocycles. The lowest BCUT2D eigenvalue weighted by molar-refractivity contribution is 0.112. The predicted molar refractivity (Wildman–Crippen MR) is 64.2 cm³/mol. The summed E-state index contributed by atoms with van der Waals surface area (Å²) in [6.45, 7) is 0. The van der Waals surface area contributed by atoms with Crippen molar-refractivity contribution in [3.63, 3.8) is 0 Å². The zero-order valence-electron chi connectivity index (χ0n) is 8.55. The van der Waals surface area contributed by atoms with Gasteiger partial charge in [-0.1, -0.05) is 23.7 Å². The first-order valence-electron chi connectivity index (χ1n) is 4.61. The molecular weight excluding hydrogens is 244 g/mol. The minimum atomic E-state index is 0.567. The van der Waals surface area contributed by atoms with Crippen LogP contribution in [-0.4, -0.2) is 15.8 Å². The summed E-state index contributed by atoms with van der Waals surface area (Å²) in [6, 6.07) is 5.26. The first-order chi connectivity index (χ1) is 7.72. The molecule has 0 saturated carbocycles. The van der Waals surface area contributed by atoms with Gasteiger partial charge in [0.15, 0.2) is 11.4 Å². The van der Waals surface area contributed by atoms with E-state index in [9.17, 15) is 4.79 Å². The van der Waals surface area contributed by atoms with Crippen LogP contribution in [0.15, 0.2) is 40.6 Å². The highest BCUT2D eigenvalue weighted by Gasteiger charge is 2.10. The van der Waals surface area contributed by atoms with Crippen LogP contribution in [0, 0.1) is 0 Å². The molecule has 1 aromatic heterocycles. The topological polar surface area (TPSA) is 34.9 Å². The van der Waals surface area contributed by atoms with Crippen LogP contribution >= 0.6 is 23.4 Å². The van der Waals surface area contributed by atoms with Gasteiger partial charge >= 0.3 is 0 Å². The van der Waals surface area contributed by atoms with Crippen LogP contribution in [0.4, 0.5) is 0 Å². The van der Waals surface area contributed by atoms with Crippen molar-refractivity contribution in [3.05, 3.63) is 41.2 Å². The van der Waals surface area contributed by atoms with Gasteiger partial charge in [-0.05, 0) is 17.8 Å². The standard InChI is InChI=1S/C11H9ClN2OS/c1-14-6-5-13-11(14)16-10-8(7-15)3-2-4-9(10)12/h2-7H,1H3. The van der Waals surface area contributed by atoms with Gasteiger partial charge in [0.25, 0.3) is 0 Å². The van der Waals surface area contributed by atoms with E-state index in [1.807, 2.05) is 17.8 Å². The van der Waals surface area contributed by atoms with Gasteiger partial charge in [0.1, 0.15) is 0 Å². The normalized spacial score (nSPS) is 10.4. The van der Waals surface area contributed by atoms with Crippen molar-refractivity contribution in [2.75, 3.05) is 0 Å². The second kappa shape index (κ2) is 4.72. The van der Waals surface area contributed by atoms with Gasteiger partial charge in [-0.25, -0.2) is 4.98 Å². The molecule has 0 spiro atoms. The molecule has 0 bridgehead atoms. The second-order valence-corrected chi connectivity index (χ2v) is 4.58. The Morgan fingerprint density at radius 1 is 1.50 bits per heavy atom. The molecule has 1 aromatic carbocycles. The highest BCUT2D eigenvalue weighted by Crippen LogP contribution is 2.34. The van der Waals surface area contributed by atoms with E-state index in [-0.39, 0.29) is 0 Å². The number of halogens is 1. The molecule has 82 valence electrons. The van der Waals surface area contributed by atoms with Crippen molar-refractivity contribution in [2.24, 2.45) is 7.05 Å². The van der Waals surface area contributed by atoms with Crippen LogP contribution in [-0.2, 0) is 7.05 Å². The molecule has 2 aromatic rings. The molecule has 0 atom stereocenters. The SMILES string of the molecule is Cn1ccnc1Sc1c(Cl)cccc1C=O. The van der Waals surface area contributed by atoms with E-state index in [1.54, 1.807) is 24.4 Å². The predicted octanol–water partition coefficient (Wildman–Crippen LogP) is 3.04. The van der Waals surface area contributed by atoms with E-state index in [4.69, 9.17) is 11.6 Å². The molecule has 1 heterocycles. The van der Waals surface area contributed by atoms with Gasteiger partial charge in [-0.15, -0.1) is 0 Å². The van der Waals surface area contributed by atoms with E-state index < -0.39 is 0 Å². The van der Waals surface area contributed by atoms with Crippen LogP contribution in [0.3, 0.4) is 0 Å². The number of carbonyl (C=O) groups excluding carboxylic acids is 1. The molecule has 0 aliphatic rings. The molecule has 0 aliphatic carbocycles. The summed E-state index contributed by atoms with van der Waals surface area (Å²) in [4.78, 5) is 15.8. The minimum absolute atomic E-state index is 0.567. The third-order valence-electron chi connectivity index (χ3n) is 2.09. The number of carbonyl (C=O) groups is 1. The molecular formula is C11H9ClN2OS. The average Bonchev–Trinajstić information content (AvgIpc) is 2.67. The molecule has 16 heavy (non-hydrogen) atoms. The molecule has 0 N–H and O–H groups in total. The lowest BCUT2D eigenvalue weighted by atomic mass is 10.2. The van der Waals surface area contributed by atoms with Gasteiger partial charge in [0, 0.05) is 29.9 Å². The Bertz CT molecular complexity index is 524. The summed E-state index contributed by atoms with van der Waals surface area (Å²) in [5, 5.41) is 1.37. The lowest BCUT2D eigenvalue weighted by Gasteiger charge is -2.06. The fraction of sp³-hybridized carbons (Fsp3) is 0.0909. The van der Waals surface area contributed by atoms with Gasteiger partial charge in [0.05, 0.1) is 5.02 Å². The molecule has 0 radical (unpaired) electrons. The van der Waals surface area contributed by atoms with E-state index in [0.717, 1.165) is 16.3 Å². The summed E-state index contributed by atoms with van der Waals surface area (Å²) in [7, 11) is 1.90. The zero-order valence-corrected chi connectivity index (χ0v) is 10.1. The Labute approximate surface area is 102 Å². The van der Waals surface area contributed by atoms with Gasteiger partial charge in [-0.3, -0.25) is 4.79 Å². The van der Waals surface area contributed by atoms with E-state index in [2.05, 4.69) is 4.98 Å². The van der Waals surface area contributed by atoms with Crippen molar-refractivity contribution < 1.29 is 4.79 Å². The number of hydrogen-bond donors (Lipinski definition) is 0. The van der Waals surface area contributed by atoms with Crippen molar-refractivity contribution in [3.8, 4) is 0 Å². The summed E-state index contributed by atoms with van der Waals surface area (Å²) >= 11 is 7.45. The average molecular weight is 253 g/mol. The summed E-state index contributed by atoms with van der Waals surface area (Å²) in [5.41, 5.74) is 0.584. The maximum absolute atomic E-state index is 10.9. The van der Waals surface area contributed by atoms with Crippen molar-refractivity contribution in [1.82, 2.24) is 9.55 Å². The molecule has 2 rings (SSSR count). The van der Waals surface area contributed by atoms with E-state index >= 15 is 0 Å². The number of aromatic nitrogens is 2. The second-order valence-electron chi connectivity index (χ2n) is 3.20. The molecule has 5 heteroatoms. The Hall–Kier alpha value is -1.26. The molecule has 0 amide bonds. The Morgan fingerprint density at radius 3 is 2.94 bits per heavy atom. The fourth-order valence-electron chi connectivity index (χ4n) is 1.27. The number of nitrogens with zero attached hydrogens (tertiary/aromatic N) is 2. The number of benzene rings is 1. The van der Waals surface area contributed by atoms with Crippen LogP contribution in [0.2, 0.25) is 5.02 Å². The maximum Gasteiger partial charge on any atom is 0.172 e. The van der Waals surface area contributed by atoms with Gasteiger partial charge in [0.2, 0.25) is 0 Å².